The fourth-order valence-electron chi connectivity index (χ4n) is 0.697. The van der Waals surface area contributed by atoms with Gasteiger partial charge in [-0.2, -0.15) is 0 Å². The van der Waals surface area contributed by atoms with E-state index in [1.54, 1.807) is 0 Å². The second-order valence-corrected chi connectivity index (χ2v) is 5.27. The largest absolute Gasteiger partial charge is 0.367 e. The van der Waals surface area contributed by atoms with Crippen molar-refractivity contribution in [2.24, 2.45) is 0 Å². The molecule has 0 radical (unpaired) electrons. The first-order valence-corrected chi connectivity index (χ1v) is 5.12. The summed E-state index contributed by atoms with van der Waals surface area (Å²) in [5.74, 6) is 0. The van der Waals surface area contributed by atoms with Crippen LogP contribution in [0.15, 0.2) is 0 Å². The highest BCUT2D eigenvalue weighted by molar-refractivity contribution is 6.37. The zero-order valence-corrected chi connectivity index (χ0v) is 7.11. The predicted molar refractivity (Wildman–Crippen MR) is 35.9 cm³/mol. The van der Waals surface area contributed by atoms with Gasteiger partial charge in [-0.1, -0.05) is 27.2 Å². The van der Waals surface area contributed by atoms with Crippen molar-refractivity contribution in [3.8, 4) is 0 Å². The van der Waals surface area contributed by atoms with E-state index in [4.69, 9.17) is 0 Å². The molecular formula is C6H14Mg. The maximum Gasteiger partial charge on any atom is 0.367 e. The molecule has 1 heteroatoms. The van der Waals surface area contributed by atoms with E-state index in [0.29, 0.717) is 20.4 Å². The molecule has 0 heterocycles. The van der Waals surface area contributed by atoms with Crippen LogP contribution in [-0.2, 0) is 0 Å². The summed E-state index contributed by atoms with van der Waals surface area (Å²) in [6.45, 7) is 6.96. The van der Waals surface area contributed by atoms with Gasteiger partial charge in [0, 0.05) is 0 Å². The van der Waals surface area contributed by atoms with Crippen molar-refractivity contribution in [1.82, 2.24) is 0 Å². The fourth-order valence-corrected chi connectivity index (χ4v) is 2.09. The summed E-state index contributed by atoms with van der Waals surface area (Å²) in [5, 5.41) is 0. The van der Waals surface area contributed by atoms with E-state index in [-0.39, 0.29) is 0 Å². The van der Waals surface area contributed by atoms with Gasteiger partial charge in [0.05, 0.1) is 0 Å². The van der Waals surface area contributed by atoms with Crippen molar-refractivity contribution >= 4 is 20.4 Å². The van der Waals surface area contributed by atoms with Crippen LogP contribution >= 0.6 is 0 Å². The predicted octanol–water partition coefficient (Wildman–Crippen LogP) is 2.35. The van der Waals surface area contributed by atoms with Crippen molar-refractivity contribution in [2.75, 3.05) is 0 Å². The second-order valence-electron chi connectivity index (χ2n) is 2.30. The van der Waals surface area contributed by atoms with Crippen LogP contribution in [0.1, 0.15) is 27.2 Å². The van der Waals surface area contributed by atoms with Crippen LogP contribution in [0.25, 0.3) is 0 Å². The van der Waals surface area contributed by atoms with E-state index >= 15 is 0 Å². The van der Waals surface area contributed by atoms with Crippen LogP contribution < -0.4 is 0 Å². The molecule has 0 fully saturated rings. The van der Waals surface area contributed by atoms with Crippen molar-refractivity contribution < 1.29 is 0 Å². The SMILES string of the molecule is C[CH2][Mg][CH](C)CC. The first-order valence-electron chi connectivity index (χ1n) is 3.31. The molecule has 0 amide bonds. The van der Waals surface area contributed by atoms with E-state index in [9.17, 15) is 0 Å². The van der Waals surface area contributed by atoms with E-state index in [1.165, 1.54) is 11.0 Å². The van der Waals surface area contributed by atoms with E-state index < -0.39 is 0 Å². The molecule has 0 aliphatic rings. The van der Waals surface area contributed by atoms with Gasteiger partial charge >= 0.3 is 20.4 Å². The van der Waals surface area contributed by atoms with Crippen LogP contribution in [-0.4, -0.2) is 20.4 Å². The molecule has 40 valence electrons. The van der Waals surface area contributed by atoms with Crippen LogP contribution in [0.3, 0.4) is 0 Å². The van der Waals surface area contributed by atoms with Gasteiger partial charge in [-0.05, 0) is 0 Å². The highest BCUT2D eigenvalue weighted by Gasteiger charge is 1.98. The summed E-state index contributed by atoms with van der Waals surface area (Å²) >= 11 is 0.346. The Labute approximate surface area is 56.4 Å². The summed E-state index contributed by atoms with van der Waals surface area (Å²) in [7, 11) is 0. The average molecular weight is 110 g/mol. The maximum absolute atomic E-state index is 2.37. The molecule has 0 aliphatic carbocycles. The summed E-state index contributed by atoms with van der Waals surface area (Å²) < 4.78 is 2.57. The van der Waals surface area contributed by atoms with Gasteiger partial charge in [0.1, 0.15) is 0 Å². The van der Waals surface area contributed by atoms with Crippen LogP contribution in [0, 0.1) is 0 Å². The van der Waals surface area contributed by atoms with Gasteiger partial charge in [-0.25, -0.2) is 0 Å². The summed E-state index contributed by atoms with van der Waals surface area (Å²) in [6.07, 6.45) is 1.40. The van der Waals surface area contributed by atoms with Crippen molar-refractivity contribution in [3.05, 3.63) is 0 Å². The zero-order valence-electron chi connectivity index (χ0n) is 5.70. The van der Waals surface area contributed by atoms with E-state index in [1.807, 2.05) is 0 Å². The molecule has 0 aliphatic heterocycles. The third kappa shape index (κ3) is 4.62. The first kappa shape index (κ1) is 7.77. The highest BCUT2D eigenvalue weighted by Crippen LogP contribution is 2.06. The zero-order chi connectivity index (χ0) is 5.70. The number of hydrogen-bond acceptors (Lipinski definition) is 0. The second kappa shape index (κ2) is 4.91. The monoisotopic (exact) mass is 110 g/mol. The fraction of sp³-hybridized carbons (Fsp3) is 1.00. The van der Waals surface area contributed by atoms with Crippen LogP contribution in [0.2, 0.25) is 8.60 Å². The standard InChI is InChI=1S/C4H9.C2H5.Mg/c1-3-4-2;1-2;/h3H,4H2,1-2H3;1H2,2H3;. The minimum absolute atomic E-state index is 0.346. The Balaban J connectivity index is 2.83. The smallest absolute Gasteiger partial charge is 0.148 e. The average Bonchev–Trinajstić information content (AvgIpc) is 1.68. The van der Waals surface area contributed by atoms with Crippen molar-refractivity contribution in [2.45, 2.75) is 35.8 Å². The third-order valence-corrected chi connectivity index (χ3v) is 3.62. The summed E-state index contributed by atoms with van der Waals surface area (Å²) in [4.78, 5) is 0. The molecule has 0 rings (SSSR count). The molecule has 0 nitrogen and oxygen atoms in total. The molecule has 0 spiro atoms. The molecule has 1 unspecified atom stereocenters. The van der Waals surface area contributed by atoms with Crippen LogP contribution in [0.5, 0.6) is 0 Å². The Morgan fingerprint density at radius 3 is 2.14 bits per heavy atom. The normalized spacial score (nSPS) is 13.0. The summed E-state index contributed by atoms with van der Waals surface area (Å²) in [6, 6.07) is 0. The molecule has 0 bridgehead atoms. The molecule has 0 aromatic heterocycles. The Morgan fingerprint density at radius 1 is 1.43 bits per heavy atom. The lowest BCUT2D eigenvalue weighted by Crippen LogP contribution is -1.94. The van der Waals surface area contributed by atoms with Gasteiger partial charge in [-0.3, -0.25) is 0 Å². The van der Waals surface area contributed by atoms with Crippen molar-refractivity contribution in [3.63, 3.8) is 0 Å². The lowest BCUT2D eigenvalue weighted by atomic mass is 10.4. The molecule has 0 saturated heterocycles. The number of rotatable bonds is 3. The topological polar surface area (TPSA) is 0 Å². The Hall–Kier alpha value is 0.766. The van der Waals surface area contributed by atoms with Gasteiger partial charge in [0.25, 0.3) is 0 Å². The highest BCUT2D eigenvalue weighted by atomic mass is 24.5. The van der Waals surface area contributed by atoms with Crippen molar-refractivity contribution in [1.29, 1.82) is 0 Å². The third-order valence-electron chi connectivity index (χ3n) is 1.48. The van der Waals surface area contributed by atoms with Gasteiger partial charge in [0.2, 0.25) is 0 Å². The van der Waals surface area contributed by atoms with Crippen LogP contribution in [0.4, 0.5) is 0 Å². The lowest BCUT2D eigenvalue weighted by molar-refractivity contribution is 0.865. The summed E-state index contributed by atoms with van der Waals surface area (Å²) in [5.41, 5.74) is 0. The molecule has 0 saturated carbocycles. The minimum Gasteiger partial charge on any atom is -0.148 e. The quantitative estimate of drug-likeness (QED) is 0.489. The molecule has 1 atom stereocenters. The Kier molecular flexibility index (Phi) is 5.45. The molecule has 7 heavy (non-hydrogen) atoms. The van der Waals surface area contributed by atoms with Gasteiger partial charge in [0.15, 0.2) is 0 Å². The first-order chi connectivity index (χ1) is 3.31. The minimum atomic E-state index is 0.346. The molecular weight excluding hydrogens is 96.4 g/mol. The van der Waals surface area contributed by atoms with E-state index in [2.05, 4.69) is 20.8 Å². The molecule has 0 aromatic rings. The van der Waals surface area contributed by atoms with Gasteiger partial charge in [-0.15, -0.1) is 8.60 Å². The Bertz CT molecular complexity index is 35.2. The van der Waals surface area contributed by atoms with E-state index in [0.717, 1.165) is 4.05 Å². The van der Waals surface area contributed by atoms with Gasteiger partial charge < -0.3 is 0 Å². The number of hydrogen-bond donors (Lipinski definition) is 0. The maximum atomic E-state index is 2.37. The molecule has 0 aromatic carbocycles. The Morgan fingerprint density at radius 2 is 2.00 bits per heavy atom. The molecule has 0 N–H and O–H groups in total. The lowest BCUT2D eigenvalue weighted by Gasteiger charge is -2.00.